The number of pyridine rings is 1. The molecule has 0 aliphatic carbocycles. The van der Waals surface area contributed by atoms with Crippen molar-refractivity contribution in [3.63, 3.8) is 0 Å². The van der Waals surface area contributed by atoms with E-state index in [1.54, 1.807) is 16.4 Å². The lowest BCUT2D eigenvalue weighted by Crippen LogP contribution is -2.30. The Balaban J connectivity index is 2.23. The van der Waals surface area contributed by atoms with Crippen molar-refractivity contribution in [3.05, 3.63) is 18.3 Å². The van der Waals surface area contributed by atoms with Gasteiger partial charge in [0.2, 0.25) is 0 Å². The van der Waals surface area contributed by atoms with E-state index in [2.05, 4.69) is 17.2 Å². The summed E-state index contributed by atoms with van der Waals surface area (Å²) in [6.45, 7) is 5.98. The number of nitrogens with one attached hydrogen (secondary N) is 1. The zero-order valence-corrected chi connectivity index (χ0v) is 13.0. The predicted molar refractivity (Wildman–Crippen MR) is 80.2 cm³/mol. The molecule has 1 aromatic rings. The number of hydrogen-bond acceptors (Lipinski definition) is 4. The first-order chi connectivity index (χ1) is 9.59. The maximum absolute atomic E-state index is 12.7. The molecule has 1 saturated heterocycles. The smallest absolute Gasteiger partial charge is 0.262 e. The van der Waals surface area contributed by atoms with Crippen molar-refractivity contribution in [2.45, 2.75) is 38.1 Å². The van der Waals surface area contributed by atoms with Gasteiger partial charge in [0.1, 0.15) is 0 Å². The van der Waals surface area contributed by atoms with Gasteiger partial charge in [-0.15, -0.1) is 0 Å². The van der Waals surface area contributed by atoms with Crippen LogP contribution in [0.1, 0.15) is 33.1 Å². The van der Waals surface area contributed by atoms with Crippen LogP contribution in [0.4, 0.5) is 5.69 Å². The summed E-state index contributed by atoms with van der Waals surface area (Å²) in [5, 5.41) is 3.23. The molecule has 20 heavy (non-hydrogen) atoms. The van der Waals surface area contributed by atoms with Crippen molar-refractivity contribution in [3.8, 4) is 0 Å². The minimum Gasteiger partial charge on any atom is -0.383 e. The fourth-order valence-electron chi connectivity index (χ4n) is 2.70. The monoisotopic (exact) mass is 297 g/mol. The lowest BCUT2D eigenvalue weighted by molar-refractivity contribution is 0.443. The molecule has 0 bridgehead atoms. The fraction of sp³-hybridized carbons (Fsp3) is 0.643. The molecule has 2 heterocycles. The van der Waals surface area contributed by atoms with Crippen LogP contribution in [0.5, 0.6) is 0 Å². The van der Waals surface area contributed by atoms with Gasteiger partial charge >= 0.3 is 0 Å². The number of anilines is 1. The summed E-state index contributed by atoms with van der Waals surface area (Å²) in [5.74, 6) is 0.487. The molecule has 1 aromatic heterocycles. The molecule has 0 saturated carbocycles. The van der Waals surface area contributed by atoms with Crippen LogP contribution in [-0.2, 0) is 10.0 Å². The van der Waals surface area contributed by atoms with Crippen LogP contribution in [0, 0.1) is 5.92 Å². The normalized spacial score (nSPS) is 20.2. The van der Waals surface area contributed by atoms with E-state index in [0.717, 1.165) is 19.3 Å². The third-order valence-electron chi connectivity index (χ3n) is 3.67. The maximum Gasteiger partial charge on any atom is 0.262 e. The van der Waals surface area contributed by atoms with Crippen molar-refractivity contribution in [1.82, 2.24) is 9.29 Å². The molecule has 112 valence electrons. The molecule has 1 aliphatic rings. The molecule has 1 fully saturated rings. The third-order valence-corrected chi connectivity index (χ3v) is 5.49. The molecular formula is C14H23N3O2S. The van der Waals surface area contributed by atoms with Gasteiger partial charge in [-0.2, -0.15) is 4.31 Å². The first kappa shape index (κ1) is 15.3. The molecule has 0 radical (unpaired) electrons. The number of rotatable bonds is 6. The van der Waals surface area contributed by atoms with Crippen molar-refractivity contribution in [1.29, 1.82) is 0 Å². The molecule has 6 heteroatoms. The van der Waals surface area contributed by atoms with Gasteiger partial charge in [-0.05, 0) is 37.8 Å². The average Bonchev–Trinajstić information content (AvgIpc) is 2.89. The molecular weight excluding hydrogens is 274 g/mol. The number of hydrogen-bond donors (Lipinski definition) is 1. The van der Waals surface area contributed by atoms with Crippen molar-refractivity contribution in [2.24, 2.45) is 5.92 Å². The minimum atomic E-state index is -3.48. The topological polar surface area (TPSA) is 62.3 Å². The zero-order chi connectivity index (χ0) is 14.6. The highest BCUT2D eigenvalue weighted by molar-refractivity contribution is 7.89. The fourth-order valence-corrected chi connectivity index (χ4v) is 4.31. The Kier molecular flexibility index (Phi) is 4.99. The van der Waals surface area contributed by atoms with Gasteiger partial charge in [-0.3, -0.25) is 0 Å². The van der Waals surface area contributed by atoms with Crippen LogP contribution in [0.25, 0.3) is 0 Å². The molecule has 1 N–H and O–H groups in total. The summed E-state index contributed by atoms with van der Waals surface area (Å²) in [6.07, 6.45) is 4.68. The van der Waals surface area contributed by atoms with E-state index in [1.165, 1.54) is 6.20 Å². The van der Waals surface area contributed by atoms with E-state index in [0.29, 0.717) is 31.2 Å². The van der Waals surface area contributed by atoms with Crippen molar-refractivity contribution in [2.75, 3.05) is 25.0 Å². The Bertz CT molecular complexity index is 545. The summed E-state index contributed by atoms with van der Waals surface area (Å²) in [4.78, 5) is 4.09. The number of nitrogens with zero attached hydrogens (tertiary/aromatic N) is 2. The summed E-state index contributed by atoms with van der Waals surface area (Å²) in [5.41, 5.74) is 0.592. The number of sulfonamides is 1. The van der Waals surface area contributed by atoms with Gasteiger partial charge in [-0.1, -0.05) is 13.3 Å². The Morgan fingerprint density at radius 1 is 1.45 bits per heavy atom. The lowest BCUT2D eigenvalue weighted by atomic mass is 10.0. The maximum atomic E-state index is 12.7. The van der Waals surface area contributed by atoms with Gasteiger partial charge in [0, 0.05) is 25.8 Å². The molecule has 0 aromatic carbocycles. The summed E-state index contributed by atoms with van der Waals surface area (Å²) in [6, 6.07) is 3.52. The minimum absolute atomic E-state index is 0.152. The van der Waals surface area contributed by atoms with Crippen LogP contribution in [0.15, 0.2) is 23.4 Å². The first-order valence-corrected chi connectivity index (χ1v) is 8.72. The van der Waals surface area contributed by atoms with Crippen LogP contribution in [-0.4, -0.2) is 37.3 Å². The van der Waals surface area contributed by atoms with Crippen LogP contribution in [0.2, 0.25) is 0 Å². The largest absolute Gasteiger partial charge is 0.383 e. The Hall–Kier alpha value is -1.14. The van der Waals surface area contributed by atoms with E-state index < -0.39 is 10.0 Å². The highest BCUT2D eigenvalue weighted by Gasteiger charge is 2.34. The zero-order valence-electron chi connectivity index (χ0n) is 12.2. The molecule has 2 rings (SSSR count). The lowest BCUT2D eigenvalue weighted by Gasteiger charge is -2.18. The van der Waals surface area contributed by atoms with Gasteiger partial charge in [-0.25, -0.2) is 13.4 Å². The second kappa shape index (κ2) is 6.54. The van der Waals surface area contributed by atoms with Crippen molar-refractivity contribution < 1.29 is 8.42 Å². The molecule has 0 amide bonds. The predicted octanol–water partition coefficient (Wildman–Crippen LogP) is 2.32. The Morgan fingerprint density at radius 3 is 2.95 bits per heavy atom. The highest BCUT2D eigenvalue weighted by Crippen LogP contribution is 2.28. The number of aromatic nitrogens is 1. The molecule has 0 spiro atoms. The van der Waals surface area contributed by atoms with Gasteiger partial charge < -0.3 is 5.32 Å². The van der Waals surface area contributed by atoms with Gasteiger partial charge in [0.15, 0.2) is 5.03 Å². The van der Waals surface area contributed by atoms with Gasteiger partial charge in [0.25, 0.3) is 10.0 Å². The molecule has 1 atom stereocenters. The average molecular weight is 297 g/mol. The SMILES string of the molecule is CCCC1CCN(S(=O)(=O)c2ncccc2NCC)C1. The van der Waals surface area contributed by atoms with E-state index in [-0.39, 0.29) is 5.03 Å². The van der Waals surface area contributed by atoms with Crippen LogP contribution < -0.4 is 5.32 Å². The van der Waals surface area contributed by atoms with E-state index in [1.807, 2.05) is 6.92 Å². The second-order valence-corrected chi connectivity index (χ2v) is 7.05. The summed E-state index contributed by atoms with van der Waals surface area (Å²) in [7, 11) is -3.48. The second-order valence-electron chi connectivity index (χ2n) is 5.19. The van der Waals surface area contributed by atoms with Gasteiger partial charge in [0.05, 0.1) is 5.69 Å². The summed E-state index contributed by atoms with van der Waals surface area (Å²) < 4.78 is 27.0. The highest BCUT2D eigenvalue weighted by atomic mass is 32.2. The Labute approximate surface area is 121 Å². The van der Waals surface area contributed by atoms with Crippen LogP contribution >= 0.6 is 0 Å². The Morgan fingerprint density at radius 2 is 2.25 bits per heavy atom. The molecule has 1 aliphatic heterocycles. The van der Waals surface area contributed by atoms with Crippen molar-refractivity contribution >= 4 is 15.7 Å². The standard InChI is InChI=1S/C14H23N3O2S/c1-3-6-12-8-10-17(11-12)20(18,19)14-13(15-4-2)7-5-9-16-14/h5,7,9,12,15H,3-4,6,8,10-11H2,1-2H3. The first-order valence-electron chi connectivity index (χ1n) is 7.28. The quantitative estimate of drug-likeness (QED) is 0.875. The molecule has 5 nitrogen and oxygen atoms in total. The van der Waals surface area contributed by atoms with E-state index in [9.17, 15) is 8.42 Å². The summed E-state index contributed by atoms with van der Waals surface area (Å²) >= 11 is 0. The third kappa shape index (κ3) is 3.12. The molecule has 1 unspecified atom stereocenters. The van der Waals surface area contributed by atoms with E-state index >= 15 is 0 Å². The van der Waals surface area contributed by atoms with Crippen LogP contribution in [0.3, 0.4) is 0 Å². The van der Waals surface area contributed by atoms with E-state index in [4.69, 9.17) is 0 Å².